The molecule has 0 unspecified atom stereocenters. The Morgan fingerprint density at radius 2 is 0.947 bits per heavy atom. The van der Waals surface area contributed by atoms with Crippen molar-refractivity contribution >= 4 is 6.16 Å². The van der Waals surface area contributed by atoms with Gasteiger partial charge in [-0.05, 0) is 30.4 Å². The summed E-state index contributed by atoms with van der Waals surface area (Å²) in [7, 11) is 0. The molecule has 0 atom stereocenters. The van der Waals surface area contributed by atoms with Crippen molar-refractivity contribution < 1.29 is 25.2 Å². The topological polar surface area (TPSA) is 104 Å². The quantitative estimate of drug-likeness (QED) is 0.738. The van der Waals surface area contributed by atoms with Crippen molar-refractivity contribution in [2.75, 3.05) is 0 Å². The Morgan fingerprint density at radius 1 is 0.737 bits per heavy atom. The summed E-state index contributed by atoms with van der Waals surface area (Å²) >= 11 is 0. The van der Waals surface area contributed by atoms with E-state index in [-0.39, 0.29) is 7.43 Å². The van der Waals surface area contributed by atoms with Crippen LogP contribution in [-0.4, -0.2) is 16.4 Å². The van der Waals surface area contributed by atoms with Crippen LogP contribution in [0.1, 0.15) is 7.43 Å². The van der Waals surface area contributed by atoms with Gasteiger partial charge in [-0.2, -0.15) is 0 Å². The lowest BCUT2D eigenvalue weighted by atomic mass is 10.3. The van der Waals surface area contributed by atoms with Gasteiger partial charge in [0.05, 0.1) is 0 Å². The number of benzene rings is 2. The molecule has 0 radical (unpaired) electrons. The van der Waals surface area contributed by atoms with Crippen LogP contribution >= 0.6 is 0 Å². The van der Waals surface area contributed by atoms with E-state index in [2.05, 4.69) is 0 Å². The van der Waals surface area contributed by atoms with Crippen molar-refractivity contribution in [2.45, 2.75) is 7.43 Å². The Hall–Kier alpha value is -2.69. The van der Waals surface area contributed by atoms with Crippen molar-refractivity contribution in [1.29, 1.82) is 0 Å². The first kappa shape index (κ1) is 18.7. The molecule has 0 saturated heterocycles. The lowest BCUT2D eigenvalue weighted by Crippen LogP contribution is -2.37. The summed E-state index contributed by atoms with van der Waals surface area (Å²) < 4.78 is 0. The number of phenolic OH excluding ortho intramolecular Hbond substituents is 2. The van der Waals surface area contributed by atoms with Crippen LogP contribution in [0.15, 0.2) is 60.7 Å². The van der Waals surface area contributed by atoms with E-state index in [1.54, 1.807) is 48.5 Å². The average molecular weight is 264 g/mol. The molecular weight excluding hydrogens is 248 g/mol. The summed E-state index contributed by atoms with van der Waals surface area (Å²) in [6.07, 6.45) is -2.33. The second kappa shape index (κ2) is 11.8. The number of hydrogen-bond donors (Lipinski definition) is 2. The minimum atomic E-state index is -2.33. The zero-order valence-electron chi connectivity index (χ0n) is 9.39. The Morgan fingerprint density at radius 3 is 1.05 bits per heavy atom. The monoisotopic (exact) mass is 264 g/mol. The van der Waals surface area contributed by atoms with E-state index >= 15 is 0 Å². The molecule has 0 bridgehead atoms. The van der Waals surface area contributed by atoms with E-state index in [1.807, 2.05) is 12.1 Å². The first-order valence-electron chi connectivity index (χ1n) is 4.88. The Bertz CT molecular complexity index is 387. The normalized spacial score (nSPS) is 7.58. The summed E-state index contributed by atoms with van der Waals surface area (Å²) in [6.45, 7) is 0. The summed E-state index contributed by atoms with van der Waals surface area (Å²) in [5, 5.41) is 33.9. The van der Waals surface area contributed by atoms with E-state index < -0.39 is 6.16 Å². The van der Waals surface area contributed by atoms with Crippen LogP contribution in [0.25, 0.3) is 0 Å². The Kier molecular flexibility index (Phi) is 11.6. The van der Waals surface area contributed by atoms with E-state index in [4.69, 9.17) is 25.2 Å². The van der Waals surface area contributed by atoms with Crippen molar-refractivity contribution in [3.63, 3.8) is 0 Å². The van der Waals surface area contributed by atoms with Gasteiger partial charge in [-0.1, -0.05) is 43.8 Å². The lowest BCUT2D eigenvalue weighted by Gasteiger charge is -1.96. The van der Waals surface area contributed by atoms with Crippen LogP contribution in [-0.2, 0) is 0 Å². The lowest BCUT2D eigenvalue weighted by molar-refractivity contribution is -0.415. The third-order valence-electron chi connectivity index (χ3n) is 1.51. The van der Waals surface area contributed by atoms with E-state index in [1.165, 1.54) is 0 Å². The van der Waals surface area contributed by atoms with Gasteiger partial charge in [0.1, 0.15) is 11.5 Å². The number of phenols is 2. The fourth-order valence-corrected chi connectivity index (χ4v) is 0.856. The molecular formula is C14H16O5-2. The molecule has 2 aromatic carbocycles. The maximum Gasteiger partial charge on any atom is 0.115 e. The fraction of sp³-hybridized carbons (Fsp3) is 0.0714. The van der Waals surface area contributed by atoms with Crippen LogP contribution in [0, 0.1) is 0 Å². The molecule has 0 aromatic heterocycles. The molecule has 2 rings (SSSR count). The van der Waals surface area contributed by atoms with E-state index in [0.717, 1.165) is 0 Å². The molecule has 0 fully saturated rings. The molecule has 2 N–H and O–H groups in total. The smallest absolute Gasteiger partial charge is 0.115 e. The standard InChI is InChI=1S/2C6H6O.CH2O3.CH4/c2*7-6-4-2-1-3-5-6;2-1(3)4;/h2*1-5,7H;(H2,2,3,4);1H4/p-2. The van der Waals surface area contributed by atoms with Gasteiger partial charge in [-0.3, -0.25) is 0 Å². The molecule has 0 aliphatic carbocycles. The van der Waals surface area contributed by atoms with Gasteiger partial charge in [0, 0.05) is 0 Å². The molecule has 0 aliphatic rings. The first-order chi connectivity index (χ1) is 8.52. The highest BCUT2D eigenvalue weighted by molar-refractivity contribution is 5.47. The van der Waals surface area contributed by atoms with Gasteiger partial charge < -0.3 is 25.2 Å². The van der Waals surface area contributed by atoms with Crippen molar-refractivity contribution in [3.05, 3.63) is 60.7 Å². The van der Waals surface area contributed by atoms with Gasteiger partial charge >= 0.3 is 0 Å². The van der Waals surface area contributed by atoms with Crippen molar-refractivity contribution in [3.8, 4) is 11.5 Å². The average Bonchev–Trinajstić information content (AvgIpc) is 2.31. The van der Waals surface area contributed by atoms with Crippen molar-refractivity contribution in [2.24, 2.45) is 0 Å². The van der Waals surface area contributed by atoms with Crippen LogP contribution in [0.4, 0.5) is 4.79 Å². The summed E-state index contributed by atoms with van der Waals surface area (Å²) in [5.74, 6) is 0.644. The molecule has 0 amide bonds. The van der Waals surface area contributed by atoms with Gasteiger partial charge in [-0.15, -0.1) is 0 Å². The first-order valence-corrected chi connectivity index (χ1v) is 4.88. The number of rotatable bonds is 0. The number of carbonyl (C=O) groups excluding carboxylic acids is 1. The largest absolute Gasteiger partial charge is 0.652 e. The Labute approximate surface area is 112 Å². The fourth-order valence-electron chi connectivity index (χ4n) is 0.856. The van der Waals surface area contributed by atoms with Crippen LogP contribution in [0.5, 0.6) is 11.5 Å². The van der Waals surface area contributed by atoms with E-state index in [9.17, 15) is 0 Å². The summed E-state index contributed by atoms with van der Waals surface area (Å²) in [4.78, 5) is 8.33. The highest BCUT2D eigenvalue weighted by Crippen LogP contribution is 2.03. The predicted molar refractivity (Wildman–Crippen MR) is 68.3 cm³/mol. The number of aromatic hydroxyl groups is 2. The maximum absolute atomic E-state index is 8.63. The molecule has 5 heteroatoms. The molecule has 0 saturated carbocycles. The molecule has 2 aromatic rings. The number of carbonyl (C=O) groups is 1. The number of para-hydroxylation sites is 2. The second-order valence-electron chi connectivity index (χ2n) is 2.92. The zero-order valence-corrected chi connectivity index (χ0v) is 9.39. The van der Waals surface area contributed by atoms with E-state index in [0.29, 0.717) is 11.5 Å². The van der Waals surface area contributed by atoms with Gasteiger partial charge in [0.15, 0.2) is 0 Å². The SMILES string of the molecule is C.O=C([O-])[O-].Oc1ccccc1.Oc1ccccc1. The number of hydrogen-bond acceptors (Lipinski definition) is 5. The van der Waals surface area contributed by atoms with Crippen LogP contribution < -0.4 is 10.2 Å². The molecule has 19 heavy (non-hydrogen) atoms. The third-order valence-corrected chi connectivity index (χ3v) is 1.51. The third kappa shape index (κ3) is 15.3. The maximum atomic E-state index is 8.63. The highest BCUT2D eigenvalue weighted by Gasteiger charge is 1.75. The molecule has 0 heterocycles. The molecule has 0 spiro atoms. The van der Waals surface area contributed by atoms with Crippen LogP contribution in [0.2, 0.25) is 0 Å². The Balaban J connectivity index is 0. The van der Waals surface area contributed by atoms with Gasteiger partial charge in [0.2, 0.25) is 0 Å². The van der Waals surface area contributed by atoms with Gasteiger partial charge in [-0.25, -0.2) is 0 Å². The minimum Gasteiger partial charge on any atom is -0.652 e. The minimum absolute atomic E-state index is 0. The molecule has 5 nitrogen and oxygen atoms in total. The number of carboxylic acid groups (broad SMARTS) is 2. The molecule has 0 aliphatic heterocycles. The predicted octanol–water partition coefficient (Wildman–Crippen LogP) is 0.973. The highest BCUT2D eigenvalue weighted by atomic mass is 16.6. The molecule has 104 valence electrons. The van der Waals surface area contributed by atoms with Crippen molar-refractivity contribution in [1.82, 2.24) is 0 Å². The second-order valence-corrected chi connectivity index (χ2v) is 2.92. The zero-order chi connectivity index (χ0) is 13.8. The summed E-state index contributed by atoms with van der Waals surface area (Å²) in [6, 6.07) is 17.4. The summed E-state index contributed by atoms with van der Waals surface area (Å²) in [5.41, 5.74) is 0. The van der Waals surface area contributed by atoms with Gasteiger partial charge in [0.25, 0.3) is 0 Å². The van der Waals surface area contributed by atoms with Crippen LogP contribution in [0.3, 0.4) is 0 Å².